The first-order chi connectivity index (χ1) is 9.20. The summed E-state index contributed by atoms with van der Waals surface area (Å²) in [6.07, 6.45) is 0. The molecule has 0 aliphatic carbocycles. The highest BCUT2D eigenvalue weighted by atomic mass is 32.2. The summed E-state index contributed by atoms with van der Waals surface area (Å²) in [5.41, 5.74) is -2.09. The highest BCUT2D eigenvalue weighted by molar-refractivity contribution is 8.00. The van der Waals surface area contributed by atoms with E-state index in [2.05, 4.69) is 0 Å². The van der Waals surface area contributed by atoms with Crippen molar-refractivity contribution in [3.63, 3.8) is 0 Å². The molecular formula is C13H12F3NO2S. The van der Waals surface area contributed by atoms with E-state index in [-0.39, 0.29) is 24.1 Å². The smallest absolute Gasteiger partial charge is 0.304 e. The van der Waals surface area contributed by atoms with Gasteiger partial charge in [0.1, 0.15) is 0 Å². The molecule has 1 heterocycles. The zero-order chi connectivity index (χ0) is 15.1. The highest BCUT2D eigenvalue weighted by Crippen LogP contribution is 2.34. The maximum absolute atomic E-state index is 12.1. The molecule has 0 saturated carbocycles. The maximum atomic E-state index is 12.1. The van der Waals surface area contributed by atoms with Crippen LogP contribution in [0.15, 0.2) is 12.1 Å². The fourth-order valence-corrected chi connectivity index (χ4v) is 2.77. The number of thioether (sulfide) groups is 1. The Balaban J connectivity index is 2.25. The molecule has 0 radical (unpaired) electrons. The Morgan fingerprint density at radius 2 is 1.85 bits per heavy atom. The molecule has 0 saturated heterocycles. The van der Waals surface area contributed by atoms with E-state index >= 15 is 0 Å². The molecule has 1 aliphatic heterocycles. The first kappa shape index (κ1) is 14.9. The predicted octanol–water partition coefficient (Wildman–Crippen LogP) is 3.09. The fourth-order valence-electron chi connectivity index (χ4n) is 2.27. The van der Waals surface area contributed by atoms with Gasteiger partial charge in [-0.05, 0) is 42.8 Å². The van der Waals surface area contributed by atoms with Crippen molar-refractivity contribution in [3.8, 4) is 0 Å². The normalized spacial score (nSPS) is 14.9. The fraction of sp³-hybridized carbons (Fsp3) is 0.385. The number of anilines is 1. The lowest BCUT2D eigenvalue weighted by Crippen LogP contribution is -2.32. The van der Waals surface area contributed by atoms with Crippen molar-refractivity contribution in [3.05, 3.63) is 28.8 Å². The molecule has 3 nitrogen and oxygen atoms in total. The van der Waals surface area contributed by atoms with E-state index in [1.165, 1.54) is 0 Å². The zero-order valence-electron chi connectivity index (χ0n) is 10.9. The monoisotopic (exact) mass is 303 g/mol. The number of Topliss-reactive ketones (excluding diaryl/α,β-unsaturated/α-hetero) is 1. The van der Waals surface area contributed by atoms with Crippen LogP contribution in [0.25, 0.3) is 0 Å². The van der Waals surface area contributed by atoms with Crippen LogP contribution in [0.2, 0.25) is 0 Å². The molecule has 0 spiro atoms. The van der Waals surface area contributed by atoms with Crippen molar-refractivity contribution in [2.75, 3.05) is 17.2 Å². The number of halogens is 3. The number of hydrogen-bond acceptors (Lipinski definition) is 3. The van der Waals surface area contributed by atoms with Crippen molar-refractivity contribution < 1.29 is 22.8 Å². The average Bonchev–Trinajstić information content (AvgIpc) is 2.52. The number of amides is 1. The second kappa shape index (κ2) is 5.12. The Hall–Kier alpha value is -1.50. The molecule has 0 fully saturated rings. The molecule has 0 atom stereocenters. The van der Waals surface area contributed by atoms with Crippen LogP contribution >= 0.6 is 11.8 Å². The van der Waals surface area contributed by atoms with Crippen LogP contribution in [0.5, 0.6) is 0 Å². The third kappa shape index (κ3) is 2.82. The number of carbonyl (C=O) groups excluding carboxylic acids is 2. The van der Waals surface area contributed by atoms with Gasteiger partial charge in [0.25, 0.3) is 11.7 Å². The summed E-state index contributed by atoms with van der Waals surface area (Å²) in [4.78, 5) is 24.9. The van der Waals surface area contributed by atoms with Crippen LogP contribution in [0.1, 0.15) is 21.5 Å². The summed E-state index contributed by atoms with van der Waals surface area (Å²) < 4.78 is 36.4. The minimum Gasteiger partial charge on any atom is -0.304 e. The Bertz CT molecular complexity index is 584. The van der Waals surface area contributed by atoms with Gasteiger partial charge in [0.15, 0.2) is 0 Å². The van der Waals surface area contributed by atoms with E-state index in [9.17, 15) is 22.8 Å². The predicted molar refractivity (Wildman–Crippen MR) is 71.1 cm³/mol. The Kier molecular flexibility index (Phi) is 3.82. The summed E-state index contributed by atoms with van der Waals surface area (Å²) in [5, 5.41) is 0. The molecule has 0 aromatic heterocycles. The molecular weight excluding hydrogens is 291 g/mol. The van der Waals surface area contributed by atoms with Crippen molar-refractivity contribution in [2.45, 2.75) is 19.4 Å². The number of alkyl halides is 3. The number of aryl methyl sites for hydroxylation is 2. The van der Waals surface area contributed by atoms with Crippen molar-refractivity contribution in [1.82, 2.24) is 0 Å². The van der Waals surface area contributed by atoms with Crippen LogP contribution in [0.3, 0.4) is 0 Å². The van der Waals surface area contributed by atoms with Crippen molar-refractivity contribution in [1.29, 1.82) is 0 Å². The molecule has 1 aromatic carbocycles. The van der Waals surface area contributed by atoms with Gasteiger partial charge < -0.3 is 4.90 Å². The number of carbonyl (C=O) groups is 2. The molecule has 108 valence electrons. The highest BCUT2D eigenvalue weighted by Gasteiger charge is 2.37. The summed E-state index contributed by atoms with van der Waals surface area (Å²) in [6.45, 7) is 3.39. The SMILES string of the molecule is Cc1cc(C)c2c(c1)N(CCSC(F)(F)F)C(=O)C2=O. The van der Waals surface area contributed by atoms with E-state index in [4.69, 9.17) is 0 Å². The van der Waals surface area contributed by atoms with E-state index in [1.807, 2.05) is 6.92 Å². The lowest BCUT2D eigenvalue weighted by atomic mass is 10.0. The lowest BCUT2D eigenvalue weighted by molar-refractivity contribution is -0.114. The quantitative estimate of drug-likeness (QED) is 0.805. The Morgan fingerprint density at radius 3 is 2.45 bits per heavy atom. The summed E-state index contributed by atoms with van der Waals surface area (Å²) in [6, 6.07) is 3.43. The summed E-state index contributed by atoms with van der Waals surface area (Å²) in [7, 11) is 0. The van der Waals surface area contributed by atoms with Gasteiger partial charge in [-0.1, -0.05) is 6.07 Å². The van der Waals surface area contributed by atoms with Crippen molar-refractivity contribution in [2.24, 2.45) is 0 Å². The average molecular weight is 303 g/mol. The third-order valence-electron chi connectivity index (χ3n) is 3.00. The molecule has 2 rings (SSSR count). The maximum Gasteiger partial charge on any atom is 0.441 e. The van der Waals surface area contributed by atoms with E-state index in [0.717, 1.165) is 10.5 Å². The number of hydrogen-bond donors (Lipinski definition) is 0. The standard InChI is InChI=1S/C13H12F3NO2S/c1-7-5-8(2)10-9(6-7)17(12(19)11(10)18)3-4-20-13(14,15)16/h5-6H,3-4H2,1-2H3. The summed E-state index contributed by atoms with van der Waals surface area (Å²) in [5.74, 6) is -1.69. The van der Waals surface area contributed by atoms with Crippen LogP contribution in [0, 0.1) is 13.8 Å². The molecule has 0 bridgehead atoms. The first-order valence-corrected chi connectivity index (χ1v) is 6.87. The van der Waals surface area contributed by atoms with E-state index in [1.54, 1.807) is 19.1 Å². The van der Waals surface area contributed by atoms with Crippen LogP contribution < -0.4 is 4.90 Å². The van der Waals surface area contributed by atoms with Gasteiger partial charge in [-0.2, -0.15) is 13.2 Å². The van der Waals surface area contributed by atoms with Gasteiger partial charge in [0.05, 0.1) is 11.3 Å². The molecule has 20 heavy (non-hydrogen) atoms. The Morgan fingerprint density at radius 1 is 1.20 bits per heavy atom. The lowest BCUT2D eigenvalue weighted by Gasteiger charge is -2.17. The third-order valence-corrected chi connectivity index (χ3v) is 3.71. The minimum atomic E-state index is -4.34. The molecule has 1 amide bonds. The van der Waals surface area contributed by atoms with Crippen molar-refractivity contribution >= 4 is 29.1 Å². The van der Waals surface area contributed by atoms with Gasteiger partial charge in [-0.15, -0.1) is 0 Å². The van der Waals surface area contributed by atoms with Crippen LogP contribution in [-0.2, 0) is 4.79 Å². The van der Waals surface area contributed by atoms with Crippen LogP contribution in [-0.4, -0.2) is 29.5 Å². The van der Waals surface area contributed by atoms with Gasteiger partial charge >= 0.3 is 5.51 Å². The molecule has 7 heteroatoms. The minimum absolute atomic E-state index is 0.134. The second-order valence-electron chi connectivity index (χ2n) is 4.56. The Labute approximate surface area is 118 Å². The van der Waals surface area contributed by atoms with Gasteiger partial charge in [-0.25, -0.2) is 0 Å². The summed E-state index contributed by atoms with van der Waals surface area (Å²) >= 11 is -0.198. The number of nitrogens with zero attached hydrogens (tertiary/aromatic N) is 1. The number of benzene rings is 1. The zero-order valence-corrected chi connectivity index (χ0v) is 11.7. The molecule has 0 unspecified atom stereocenters. The molecule has 1 aromatic rings. The molecule has 1 aliphatic rings. The number of fused-ring (bicyclic) bond motifs is 1. The number of ketones is 1. The molecule has 0 N–H and O–H groups in total. The largest absolute Gasteiger partial charge is 0.441 e. The van der Waals surface area contributed by atoms with Gasteiger partial charge in [0.2, 0.25) is 0 Å². The van der Waals surface area contributed by atoms with E-state index < -0.39 is 17.2 Å². The van der Waals surface area contributed by atoms with E-state index in [0.29, 0.717) is 16.8 Å². The number of rotatable bonds is 3. The second-order valence-corrected chi connectivity index (χ2v) is 5.72. The first-order valence-electron chi connectivity index (χ1n) is 5.89. The van der Waals surface area contributed by atoms with Crippen LogP contribution in [0.4, 0.5) is 18.9 Å². The topological polar surface area (TPSA) is 37.4 Å². The van der Waals surface area contributed by atoms with Gasteiger partial charge in [-0.3, -0.25) is 9.59 Å². The van der Waals surface area contributed by atoms with Gasteiger partial charge in [0, 0.05) is 12.3 Å².